The van der Waals surface area contributed by atoms with Crippen molar-refractivity contribution in [3.05, 3.63) is 52.8 Å². The molecule has 25 heavy (non-hydrogen) atoms. The normalized spacial score (nSPS) is 13.2. The smallest absolute Gasteiger partial charge is 0.193 e. The predicted octanol–water partition coefficient (Wildman–Crippen LogP) is 2.38. The highest BCUT2D eigenvalue weighted by Crippen LogP contribution is 2.18. The van der Waals surface area contributed by atoms with Gasteiger partial charge in [-0.1, -0.05) is 29.8 Å². The summed E-state index contributed by atoms with van der Waals surface area (Å²) in [5.41, 5.74) is 2.25. The van der Waals surface area contributed by atoms with Crippen molar-refractivity contribution in [3.63, 3.8) is 0 Å². The summed E-state index contributed by atoms with van der Waals surface area (Å²) in [5.74, 6) is 0.829. The second-order valence-corrected chi connectivity index (χ2v) is 6.71. The fraction of sp³-hybridized carbons (Fsp3) is 0.444. The fourth-order valence-corrected chi connectivity index (χ4v) is 2.94. The highest BCUT2D eigenvalue weighted by molar-refractivity contribution is 6.31. The van der Waals surface area contributed by atoms with E-state index in [1.54, 1.807) is 7.05 Å². The molecule has 0 radical (unpaired) electrons. The second kappa shape index (κ2) is 8.87. The average Bonchev–Trinajstić information content (AvgIpc) is 2.99. The number of halogens is 1. The molecular formula is C18H27ClN6. The van der Waals surface area contributed by atoms with Crippen LogP contribution in [0.2, 0.25) is 5.02 Å². The minimum absolute atomic E-state index is 0.208. The Bertz CT molecular complexity index is 709. The van der Waals surface area contributed by atoms with Gasteiger partial charge in [0.15, 0.2) is 5.96 Å². The first-order valence-corrected chi connectivity index (χ1v) is 8.60. The summed E-state index contributed by atoms with van der Waals surface area (Å²) in [5, 5.41) is 8.50. The SMILES string of the molecule is CN=C(NCC(c1cnn(C)c1)N(C)C)N(C)Cc1ccccc1Cl. The van der Waals surface area contributed by atoms with Crippen LogP contribution in [0, 0.1) is 0 Å². The number of benzene rings is 1. The van der Waals surface area contributed by atoms with Crippen molar-refractivity contribution in [1.82, 2.24) is 24.9 Å². The molecule has 7 heteroatoms. The Morgan fingerprint density at radius 2 is 2.04 bits per heavy atom. The van der Waals surface area contributed by atoms with Gasteiger partial charge in [0.2, 0.25) is 0 Å². The zero-order valence-electron chi connectivity index (χ0n) is 15.6. The zero-order chi connectivity index (χ0) is 18.4. The molecule has 1 unspecified atom stereocenters. The van der Waals surface area contributed by atoms with E-state index >= 15 is 0 Å². The molecule has 1 N–H and O–H groups in total. The first kappa shape index (κ1) is 19.3. The molecule has 6 nitrogen and oxygen atoms in total. The van der Waals surface area contributed by atoms with E-state index in [4.69, 9.17) is 11.6 Å². The molecule has 0 aliphatic carbocycles. The fourth-order valence-electron chi connectivity index (χ4n) is 2.74. The molecule has 1 aromatic heterocycles. The van der Waals surface area contributed by atoms with Crippen LogP contribution in [0.3, 0.4) is 0 Å². The first-order chi connectivity index (χ1) is 11.9. The maximum atomic E-state index is 6.26. The van der Waals surface area contributed by atoms with Gasteiger partial charge in [0, 0.05) is 51.0 Å². The van der Waals surface area contributed by atoms with Gasteiger partial charge >= 0.3 is 0 Å². The topological polar surface area (TPSA) is 48.7 Å². The first-order valence-electron chi connectivity index (χ1n) is 8.22. The average molecular weight is 363 g/mol. The molecule has 0 aliphatic heterocycles. The minimum Gasteiger partial charge on any atom is -0.354 e. The van der Waals surface area contributed by atoms with Gasteiger partial charge in [-0.25, -0.2) is 0 Å². The van der Waals surface area contributed by atoms with Crippen LogP contribution in [0.5, 0.6) is 0 Å². The third-order valence-electron chi connectivity index (χ3n) is 4.13. The van der Waals surface area contributed by atoms with E-state index in [1.807, 2.05) is 55.4 Å². The summed E-state index contributed by atoms with van der Waals surface area (Å²) >= 11 is 6.26. The number of aryl methyl sites for hydroxylation is 1. The zero-order valence-corrected chi connectivity index (χ0v) is 16.3. The van der Waals surface area contributed by atoms with Crippen molar-refractivity contribution < 1.29 is 0 Å². The molecule has 0 saturated carbocycles. The van der Waals surface area contributed by atoms with E-state index in [0.29, 0.717) is 6.54 Å². The quantitative estimate of drug-likeness (QED) is 0.633. The van der Waals surface area contributed by atoms with Gasteiger partial charge in [-0.15, -0.1) is 0 Å². The van der Waals surface area contributed by atoms with Crippen LogP contribution in [-0.2, 0) is 13.6 Å². The van der Waals surface area contributed by atoms with Crippen molar-refractivity contribution in [1.29, 1.82) is 0 Å². The minimum atomic E-state index is 0.208. The molecule has 1 aromatic carbocycles. The highest BCUT2D eigenvalue weighted by atomic mass is 35.5. The molecule has 0 amide bonds. The molecule has 0 bridgehead atoms. The molecule has 2 rings (SSSR count). The van der Waals surface area contributed by atoms with Gasteiger partial charge in [-0.05, 0) is 25.7 Å². The molecule has 0 saturated heterocycles. The van der Waals surface area contributed by atoms with E-state index in [-0.39, 0.29) is 6.04 Å². The number of aliphatic imine (C=N–C) groups is 1. The Hall–Kier alpha value is -2.05. The number of hydrogen-bond donors (Lipinski definition) is 1. The van der Waals surface area contributed by atoms with E-state index in [9.17, 15) is 0 Å². The van der Waals surface area contributed by atoms with Crippen LogP contribution in [0.1, 0.15) is 17.2 Å². The molecule has 1 atom stereocenters. The summed E-state index contributed by atoms with van der Waals surface area (Å²) < 4.78 is 1.82. The lowest BCUT2D eigenvalue weighted by Crippen LogP contribution is -2.42. The maximum Gasteiger partial charge on any atom is 0.193 e. The van der Waals surface area contributed by atoms with Gasteiger partial charge in [-0.2, -0.15) is 5.10 Å². The summed E-state index contributed by atoms with van der Waals surface area (Å²) in [6, 6.07) is 8.08. The Balaban J connectivity index is 2.02. The monoisotopic (exact) mass is 362 g/mol. The number of nitrogens with one attached hydrogen (secondary N) is 1. The van der Waals surface area contributed by atoms with Crippen molar-refractivity contribution in [2.75, 3.05) is 34.7 Å². The van der Waals surface area contributed by atoms with Crippen molar-refractivity contribution in [2.45, 2.75) is 12.6 Å². The largest absolute Gasteiger partial charge is 0.354 e. The van der Waals surface area contributed by atoms with Gasteiger partial charge in [0.05, 0.1) is 12.2 Å². The van der Waals surface area contributed by atoms with Gasteiger partial charge in [0.25, 0.3) is 0 Å². The number of likely N-dealkylation sites (N-methyl/N-ethyl adjacent to an activating group) is 1. The Morgan fingerprint density at radius 3 is 2.60 bits per heavy atom. The van der Waals surface area contributed by atoms with Crippen molar-refractivity contribution >= 4 is 17.6 Å². The third kappa shape index (κ3) is 5.21. The predicted molar refractivity (Wildman–Crippen MR) is 104 cm³/mol. The van der Waals surface area contributed by atoms with Gasteiger partial charge in [0.1, 0.15) is 0 Å². The summed E-state index contributed by atoms with van der Waals surface area (Å²) in [6.07, 6.45) is 3.95. The van der Waals surface area contributed by atoms with E-state index in [2.05, 4.69) is 39.3 Å². The van der Waals surface area contributed by atoms with E-state index < -0.39 is 0 Å². The summed E-state index contributed by atoms with van der Waals surface area (Å²) in [6.45, 7) is 1.43. The molecule has 0 fully saturated rings. The van der Waals surface area contributed by atoms with Crippen molar-refractivity contribution in [3.8, 4) is 0 Å². The van der Waals surface area contributed by atoms with Crippen LogP contribution in [-0.4, -0.2) is 60.3 Å². The number of nitrogens with zero attached hydrogens (tertiary/aromatic N) is 5. The van der Waals surface area contributed by atoms with Crippen LogP contribution in [0.15, 0.2) is 41.7 Å². The molecule has 1 heterocycles. The van der Waals surface area contributed by atoms with Gasteiger partial charge in [-0.3, -0.25) is 9.67 Å². The number of guanidine groups is 1. The molecular weight excluding hydrogens is 336 g/mol. The van der Waals surface area contributed by atoms with Gasteiger partial charge < -0.3 is 15.1 Å². The molecule has 136 valence electrons. The summed E-state index contributed by atoms with van der Waals surface area (Å²) in [7, 11) is 9.86. The lowest BCUT2D eigenvalue weighted by Gasteiger charge is -2.27. The Morgan fingerprint density at radius 1 is 1.32 bits per heavy atom. The van der Waals surface area contributed by atoms with Crippen LogP contribution >= 0.6 is 11.6 Å². The summed E-state index contributed by atoms with van der Waals surface area (Å²) in [4.78, 5) is 8.63. The number of rotatable bonds is 6. The van der Waals surface area contributed by atoms with E-state index in [0.717, 1.165) is 23.1 Å². The molecule has 0 spiro atoms. The number of hydrogen-bond acceptors (Lipinski definition) is 3. The second-order valence-electron chi connectivity index (χ2n) is 6.30. The standard InChI is InChI=1S/C18H27ClN6/c1-20-18(24(4)12-14-8-6-7-9-16(14)19)21-11-17(23(2)3)15-10-22-25(5)13-15/h6-10,13,17H,11-12H2,1-5H3,(H,20,21). The van der Waals surface area contributed by atoms with E-state index in [1.165, 1.54) is 5.56 Å². The maximum absolute atomic E-state index is 6.26. The van der Waals surface area contributed by atoms with Crippen molar-refractivity contribution in [2.24, 2.45) is 12.0 Å². The lowest BCUT2D eigenvalue weighted by atomic mass is 10.1. The number of aromatic nitrogens is 2. The van der Waals surface area contributed by atoms with Crippen LogP contribution in [0.4, 0.5) is 0 Å². The van der Waals surface area contributed by atoms with Crippen LogP contribution in [0.25, 0.3) is 0 Å². The third-order valence-corrected chi connectivity index (χ3v) is 4.49. The molecule has 0 aliphatic rings. The Kier molecular flexibility index (Phi) is 6.84. The van der Waals surface area contributed by atoms with Crippen LogP contribution < -0.4 is 5.32 Å². The molecule has 2 aromatic rings. The highest BCUT2D eigenvalue weighted by Gasteiger charge is 2.17. The Labute approximate surface area is 155 Å². The lowest BCUT2D eigenvalue weighted by molar-refractivity contribution is 0.295.